The minimum atomic E-state index is -0.286. The predicted octanol–water partition coefficient (Wildman–Crippen LogP) is 5.34. The summed E-state index contributed by atoms with van der Waals surface area (Å²) in [5, 5.41) is 0. The molecule has 0 saturated carbocycles. The van der Waals surface area contributed by atoms with Gasteiger partial charge in [-0.1, -0.05) is 24.3 Å². The van der Waals surface area contributed by atoms with Crippen LogP contribution in [-0.4, -0.2) is 29.0 Å². The van der Waals surface area contributed by atoms with Crippen LogP contribution in [-0.2, 0) is 9.47 Å². The molecular weight excluding hydrogens is 453 g/mol. The third-order valence-corrected chi connectivity index (χ3v) is 5.98. The van der Waals surface area contributed by atoms with Crippen molar-refractivity contribution in [3.05, 3.63) is 59.2 Å². The molecule has 5 heteroatoms. The SMILES string of the molecule is CCOC(=O)c1cccc(-c2ccc3c(c2)C(I)=NC3C2CCCCO2)c1. The summed E-state index contributed by atoms with van der Waals surface area (Å²) in [5.41, 5.74) is 5.08. The van der Waals surface area contributed by atoms with Crippen molar-refractivity contribution in [1.29, 1.82) is 0 Å². The second-order valence-corrected chi connectivity index (χ2v) is 7.89. The maximum absolute atomic E-state index is 12.0. The summed E-state index contributed by atoms with van der Waals surface area (Å²) in [6.07, 6.45) is 3.61. The van der Waals surface area contributed by atoms with Crippen molar-refractivity contribution in [1.82, 2.24) is 0 Å². The van der Waals surface area contributed by atoms with Crippen LogP contribution in [0.3, 0.4) is 0 Å². The molecule has 2 aromatic rings. The average Bonchev–Trinajstić information content (AvgIpc) is 3.05. The summed E-state index contributed by atoms with van der Waals surface area (Å²) in [6, 6.07) is 14.2. The first-order valence-electron chi connectivity index (χ1n) is 9.44. The molecule has 27 heavy (non-hydrogen) atoms. The molecule has 2 aromatic carbocycles. The van der Waals surface area contributed by atoms with Crippen molar-refractivity contribution in [3.8, 4) is 11.1 Å². The normalized spacial score (nSPS) is 21.5. The summed E-state index contributed by atoms with van der Waals surface area (Å²) in [6.45, 7) is 3.03. The number of rotatable bonds is 4. The Bertz CT molecular complexity index is 887. The van der Waals surface area contributed by atoms with Crippen LogP contribution in [0, 0.1) is 0 Å². The fraction of sp³-hybridized carbons (Fsp3) is 0.364. The molecule has 0 N–H and O–H groups in total. The zero-order valence-electron chi connectivity index (χ0n) is 15.3. The lowest BCUT2D eigenvalue weighted by atomic mass is 9.92. The Hall–Kier alpha value is -1.73. The zero-order valence-corrected chi connectivity index (χ0v) is 17.4. The lowest BCUT2D eigenvalue weighted by molar-refractivity contribution is 0.00122. The Labute approximate surface area is 173 Å². The van der Waals surface area contributed by atoms with E-state index in [0.29, 0.717) is 12.2 Å². The van der Waals surface area contributed by atoms with Crippen LogP contribution in [0.4, 0.5) is 0 Å². The Kier molecular flexibility index (Phi) is 5.59. The van der Waals surface area contributed by atoms with Gasteiger partial charge in [0.2, 0.25) is 0 Å². The molecule has 2 atom stereocenters. The van der Waals surface area contributed by atoms with Gasteiger partial charge in [0.25, 0.3) is 0 Å². The van der Waals surface area contributed by atoms with E-state index in [1.807, 2.05) is 25.1 Å². The smallest absolute Gasteiger partial charge is 0.338 e. The molecule has 2 heterocycles. The Morgan fingerprint density at radius 2 is 2.07 bits per heavy atom. The van der Waals surface area contributed by atoms with E-state index in [1.165, 1.54) is 17.5 Å². The van der Waals surface area contributed by atoms with Crippen LogP contribution in [0.2, 0.25) is 0 Å². The predicted molar refractivity (Wildman–Crippen MR) is 115 cm³/mol. The molecule has 0 radical (unpaired) electrons. The summed E-state index contributed by atoms with van der Waals surface area (Å²) in [5.74, 6) is -0.286. The van der Waals surface area contributed by atoms with E-state index < -0.39 is 0 Å². The van der Waals surface area contributed by atoms with Crippen LogP contribution < -0.4 is 0 Å². The van der Waals surface area contributed by atoms with E-state index in [1.54, 1.807) is 6.07 Å². The van der Waals surface area contributed by atoms with Crippen molar-refractivity contribution in [2.75, 3.05) is 13.2 Å². The molecule has 1 saturated heterocycles. The minimum absolute atomic E-state index is 0.104. The van der Waals surface area contributed by atoms with Gasteiger partial charge in [-0.15, -0.1) is 0 Å². The number of esters is 1. The van der Waals surface area contributed by atoms with Gasteiger partial charge in [0.05, 0.1) is 18.3 Å². The summed E-state index contributed by atoms with van der Waals surface area (Å²) in [7, 11) is 0. The molecule has 0 bridgehead atoms. The van der Waals surface area contributed by atoms with Gasteiger partial charge in [0, 0.05) is 12.2 Å². The Morgan fingerprint density at radius 1 is 1.22 bits per heavy atom. The van der Waals surface area contributed by atoms with E-state index in [9.17, 15) is 4.79 Å². The molecule has 2 unspecified atom stereocenters. The van der Waals surface area contributed by atoms with Crippen LogP contribution in [0.15, 0.2) is 47.5 Å². The van der Waals surface area contributed by atoms with Gasteiger partial charge in [-0.2, -0.15) is 0 Å². The topological polar surface area (TPSA) is 47.9 Å². The van der Waals surface area contributed by atoms with E-state index in [4.69, 9.17) is 14.5 Å². The Balaban J connectivity index is 1.64. The van der Waals surface area contributed by atoms with Gasteiger partial charge in [-0.3, -0.25) is 4.99 Å². The summed E-state index contributed by atoms with van der Waals surface area (Å²) in [4.78, 5) is 16.9. The third kappa shape index (κ3) is 3.80. The van der Waals surface area contributed by atoms with E-state index >= 15 is 0 Å². The second-order valence-electron chi connectivity index (χ2n) is 6.87. The summed E-state index contributed by atoms with van der Waals surface area (Å²) < 4.78 is 12.1. The number of nitrogens with zero attached hydrogens (tertiary/aromatic N) is 1. The van der Waals surface area contributed by atoms with E-state index in [-0.39, 0.29) is 18.1 Å². The highest BCUT2D eigenvalue weighted by atomic mass is 127. The van der Waals surface area contributed by atoms with E-state index in [0.717, 1.165) is 34.3 Å². The quantitative estimate of drug-likeness (QED) is 0.444. The zero-order chi connectivity index (χ0) is 18.8. The van der Waals surface area contributed by atoms with Gasteiger partial charge in [-0.25, -0.2) is 4.79 Å². The molecule has 140 valence electrons. The van der Waals surface area contributed by atoms with Crippen LogP contribution >= 0.6 is 22.6 Å². The van der Waals surface area contributed by atoms with Gasteiger partial charge >= 0.3 is 5.97 Å². The number of aliphatic imine (C=N–C) groups is 1. The molecule has 1 fully saturated rings. The van der Waals surface area contributed by atoms with Gasteiger partial charge in [0.15, 0.2) is 0 Å². The van der Waals surface area contributed by atoms with Crippen LogP contribution in [0.25, 0.3) is 11.1 Å². The monoisotopic (exact) mass is 475 g/mol. The highest BCUT2D eigenvalue weighted by Gasteiger charge is 2.32. The van der Waals surface area contributed by atoms with Gasteiger partial charge < -0.3 is 9.47 Å². The maximum atomic E-state index is 12.0. The van der Waals surface area contributed by atoms with Crippen molar-refractivity contribution >= 4 is 32.3 Å². The minimum Gasteiger partial charge on any atom is -0.462 e. The van der Waals surface area contributed by atoms with Crippen molar-refractivity contribution in [2.45, 2.75) is 38.3 Å². The molecule has 0 aromatic heterocycles. The average molecular weight is 475 g/mol. The first-order chi connectivity index (χ1) is 13.2. The molecule has 2 aliphatic heterocycles. The van der Waals surface area contributed by atoms with Crippen molar-refractivity contribution in [3.63, 3.8) is 0 Å². The van der Waals surface area contributed by atoms with Gasteiger partial charge in [0.1, 0.15) is 9.76 Å². The third-order valence-electron chi connectivity index (χ3n) is 5.12. The first kappa shape index (κ1) is 18.6. The van der Waals surface area contributed by atoms with Crippen LogP contribution in [0.5, 0.6) is 0 Å². The molecule has 4 nitrogen and oxygen atoms in total. The number of fused-ring (bicyclic) bond motifs is 1. The van der Waals surface area contributed by atoms with Crippen molar-refractivity contribution < 1.29 is 14.3 Å². The largest absolute Gasteiger partial charge is 0.462 e. The molecule has 2 aliphatic rings. The lowest BCUT2D eigenvalue weighted by Gasteiger charge is -2.26. The van der Waals surface area contributed by atoms with Crippen molar-refractivity contribution in [2.24, 2.45) is 4.99 Å². The van der Waals surface area contributed by atoms with Crippen LogP contribution in [0.1, 0.15) is 53.7 Å². The lowest BCUT2D eigenvalue weighted by Crippen LogP contribution is -2.24. The fourth-order valence-electron chi connectivity index (χ4n) is 3.77. The molecular formula is C22H22INO3. The standard InChI is InChI=1S/C22H22INO3/c1-2-26-22(25)16-7-5-6-14(12-16)15-9-10-17-18(13-15)21(23)24-20(17)19-8-3-4-11-27-19/h5-7,9-10,12-13,19-20H,2-4,8,11H2,1H3. The number of hydrogen-bond acceptors (Lipinski definition) is 4. The number of halogens is 1. The van der Waals surface area contributed by atoms with Gasteiger partial charge in [-0.05, 0) is 83.7 Å². The number of carbonyl (C=O) groups excluding carboxylic acids is 1. The maximum Gasteiger partial charge on any atom is 0.338 e. The highest BCUT2D eigenvalue weighted by Crippen LogP contribution is 2.39. The molecule has 0 amide bonds. The second kappa shape index (κ2) is 8.10. The molecule has 0 spiro atoms. The molecule has 0 aliphatic carbocycles. The summed E-state index contributed by atoms with van der Waals surface area (Å²) >= 11 is 2.32. The highest BCUT2D eigenvalue weighted by molar-refractivity contribution is 14.1. The fourth-order valence-corrected chi connectivity index (χ4v) is 4.54. The number of ether oxygens (including phenoxy) is 2. The number of hydrogen-bond donors (Lipinski definition) is 0. The Morgan fingerprint density at radius 3 is 2.85 bits per heavy atom. The first-order valence-corrected chi connectivity index (χ1v) is 10.5. The number of benzene rings is 2. The molecule has 4 rings (SSSR count). The van der Waals surface area contributed by atoms with E-state index in [2.05, 4.69) is 40.8 Å². The number of carbonyl (C=O) groups is 1.